The average Bonchev–Trinajstić information content (AvgIpc) is 3.25. The Morgan fingerprint density at radius 1 is 1.03 bits per heavy atom. The van der Waals surface area contributed by atoms with Crippen LogP contribution in [0.5, 0.6) is 11.5 Å². The number of hydrogen-bond acceptors (Lipinski definition) is 8. The van der Waals surface area contributed by atoms with Gasteiger partial charge in [-0.3, -0.25) is 0 Å². The van der Waals surface area contributed by atoms with Gasteiger partial charge in [0.1, 0.15) is 5.03 Å². The Balaban J connectivity index is 1.56. The molecule has 2 aromatic carbocycles. The molecule has 4 rings (SSSR count). The summed E-state index contributed by atoms with van der Waals surface area (Å²) in [4.78, 5) is 11.4. The Kier molecular flexibility index (Phi) is 6.31. The van der Waals surface area contributed by atoms with E-state index in [2.05, 4.69) is 24.8 Å². The molecule has 0 unspecified atom stereocenters. The molecule has 2 heterocycles. The summed E-state index contributed by atoms with van der Waals surface area (Å²) in [5.74, 6) is -1.07. The summed E-state index contributed by atoms with van der Waals surface area (Å²) in [7, 11) is 1.29. The topological polar surface area (TPSA) is 83.2 Å². The van der Waals surface area contributed by atoms with Gasteiger partial charge in [-0.1, -0.05) is 35.1 Å². The minimum absolute atomic E-state index is 0.0367. The van der Waals surface area contributed by atoms with Gasteiger partial charge < -0.3 is 14.0 Å². The van der Waals surface area contributed by atoms with E-state index in [1.807, 2.05) is 0 Å². The van der Waals surface area contributed by atoms with Crippen molar-refractivity contribution in [1.82, 2.24) is 20.1 Å². The Labute approximate surface area is 186 Å². The molecular weight excluding hydrogens is 471 g/mol. The monoisotopic (exact) mass is 484 g/mol. The summed E-state index contributed by atoms with van der Waals surface area (Å²) in [6.07, 6.45) is -4.70. The van der Waals surface area contributed by atoms with Crippen LogP contribution < -0.4 is 9.47 Å². The lowest BCUT2D eigenvalue weighted by molar-refractivity contribution is -0.145. The first kappa shape index (κ1) is 22.7. The molecule has 0 spiro atoms. The van der Waals surface area contributed by atoms with Gasteiger partial charge in [-0.25, -0.2) is 9.97 Å². The van der Waals surface area contributed by atoms with E-state index in [1.54, 1.807) is 18.2 Å². The molecular formula is C20H13F5N4O3S. The fourth-order valence-corrected chi connectivity index (χ4v) is 3.70. The first-order valence-corrected chi connectivity index (χ1v) is 10.2. The maximum Gasteiger partial charge on any atom is 0.451 e. The van der Waals surface area contributed by atoms with E-state index in [0.29, 0.717) is 10.9 Å². The minimum Gasteiger partial charge on any atom is -0.493 e. The second kappa shape index (κ2) is 9.17. The molecule has 0 aliphatic heterocycles. The van der Waals surface area contributed by atoms with Crippen LogP contribution in [0.15, 0.2) is 52.0 Å². The molecule has 2 aromatic heterocycles. The molecule has 0 saturated carbocycles. The standard InChI is InChI=1S/C20H13F5N4O3S/c1-30-14-8-10(6-7-13(14)31-19(21)22)16-27-15(32-29-16)9-33-17-11-4-2-3-5-12(11)26-18(28-17)20(23,24)25/h2-8,19H,9H2,1H3. The minimum atomic E-state index is -4.70. The van der Waals surface area contributed by atoms with Crippen molar-refractivity contribution < 1.29 is 35.9 Å². The molecule has 0 atom stereocenters. The predicted octanol–water partition coefficient (Wildman–Crippen LogP) is 5.60. The summed E-state index contributed by atoms with van der Waals surface area (Å²) in [5, 5.41) is 4.39. The predicted molar refractivity (Wildman–Crippen MR) is 107 cm³/mol. The number of rotatable bonds is 7. The molecule has 4 aromatic rings. The molecule has 7 nitrogen and oxygen atoms in total. The van der Waals surface area contributed by atoms with Crippen molar-refractivity contribution >= 4 is 22.7 Å². The Morgan fingerprint density at radius 3 is 2.55 bits per heavy atom. The second-order valence-electron chi connectivity index (χ2n) is 6.41. The van der Waals surface area contributed by atoms with Crippen molar-refractivity contribution in [3.8, 4) is 22.9 Å². The smallest absolute Gasteiger partial charge is 0.451 e. The molecule has 0 saturated heterocycles. The molecule has 13 heteroatoms. The van der Waals surface area contributed by atoms with Gasteiger partial charge in [-0.15, -0.1) is 0 Å². The van der Waals surface area contributed by atoms with Crippen LogP contribution in [0.25, 0.3) is 22.3 Å². The van der Waals surface area contributed by atoms with Crippen LogP contribution in [0.1, 0.15) is 11.7 Å². The highest BCUT2D eigenvalue weighted by molar-refractivity contribution is 7.98. The summed E-state index contributed by atoms with van der Waals surface area (Å²) >= 11 is 0.983. The number of ether oxygens (including phenoxy) is 2. The lowest BCUT2D eigenvalue weighted by atomic mass is 10.2. The van der Waals surface area contributed by atoms with Crippen LogP contribution >= 0.6 is 11.8 Å². The number of hydrogen-bond donors (Lipinski definition) is 0. The third-order valence-electron chi connectivity index (χ3n) is 4.26. The van der Waals surface area contributed by atoms with Crippen molar-refractivity contribution in [3.63, 3.8) is 0 Å². The maximum absolute atomic E-state index is 13.2. The number of methoxy groups -OCH3 is 1. The van der Waals surface area contributed by atoms with Crippen LogP contribution in [0.3, 0.4) is 0 Å². The van der Waals surface area contributed by atoms with Crippen molar-refractivity contribution in [3.05, 3.63) is 54.2 Å². The maximum atomic E-state index is 13.2. The molecule has 0 N–H and O–H groups in total. The molecule has 0 bridgehead atoms. The van der Waals surface area contributed by atoms with Crippen LogP contribution in [-0.4, -0.2) is 33.8 Å². The van der Waals surface area contributed by atoms with E-state index < -0.39 is 18.6 Å². The summed E-state index contributed by atoms with van der Waals surface area (Å²) < 4.78 is 79.1. The molecule has 172 valence electrons. The van der Waals surface area contributed by atoms with Gasteiger partial charge in [0.25, 0.3) is 0 Å². The van der Waals surface area contributed by atoms with Crippen LogP contribution in [0.2, 0.25) is 0 Å². The highest BCUT2D eigenvalue weighted by Gasteiger charge is 2.35. The first-order valence-electron chi connectivity index (χ1n) is 9.17. The van der Waals surface area contributed by atoms with Gasteiger partial charge in [-0.2, -0.15) is 26.9 Å². The summed E-state index contributed by atoms with van der Waals surface area (Å²) in [6.45, 7) is -3.02. The van der Waals surface area contributed by atoms with E-state index in [9.17, 15) is 22.0 Å². The summed E-state index contributed by atoms with van der Waals surface area (Å²) in [5.41, 5.74) is 0.562. The van der Waals surface area contributed by atoms with Crippen molar-refractivity contribution in [1.29, 1.82) is 0 Å². The van der Waals surface area contributed by atoms with Crippen LogP contribution in [0, 0.1) is 0 Å². The van der Waals surface area contributed by atoms with Gasteiger partial charge in [0.2, 0.25) is 17.5 Å². The van der Waals surface area contributed by atoms with Gasteiger partial charge in [0.15, 0.2) is 11.5 Å². The van der Waals surface area contributed by atoms with E-state index >= 15 is 0 Å². The molecule has 0 radical (unpaired) electrons. The number of nitrogens with zero attached hydrogens (tertiary/aromatic N) is 4. The SMILES string of the molecule is COc1cc(-c2noc(CSc3nc(C(F)(F)F)nc4ccccc34)n2)ccc1OC(F)F. The number of benzene rings is 2. The fourth-order valence-electron chi connectivity index (χ4n) is 2.85. The average molecular weight is 484 g/mol. The zero-order valence-corrected chi connectivity index (χ0v) is 17.5. The lowest BCUT2D eigenvalue weighted by Crippen LogP contribution is -2.11. The quantitative estimate of drug-likeness (QED) is 0.190. The Morgan fingerprint density at radius 2 is 1.82 bits per heavy atom. The number of alkyl halides is 5. The third kappa shape index (κ3) is 5.13. The zero-order chi connectivity index (χ0) is 23.6. The second-order valence-corrected chi connectivity index (χ2v) is 7.38. The number of fused-ring (bicyclic) bond motifs is 1. The molecule has 0 aliphatic rings. The summed E-state index contributed by atoms with van der Waals surface area (Å²) in [6, 6.07) is 10.4. The third-order valence-corrected chi connectivity index (χ3v) is 5.24. The van der Waals surface area contributed by atoms with E-state index in [1.165, 1.54) is 31.4 Å². The molecule has 0 amide bonds. The highest BCUT2D eigenvalue weighted by Crippen LogP contribution is 2.35. The van der Waals surface area contributed by atoms with Gasteiger partial charge in [0.05, 0.1) is 18.4 Å². The fraction of sp³-hybridized carbons (Fsp3) is 0.200. The van der Waals surface area contributed by atoms with Gasteiger partial charge in [0, 0.05) is 10.9 Å². The Hall–Kier alpha value is -3.48. The first-order chi connectivity index (χ1) is 15.7. The van der Waals surface area contributed by atoms with Crippen LogP contribution in [0.4, 0.5) is 22.0 Å². The lowest BCUT2D eigenvalue weighted by Gasteiger charge is -2.10. The van der Waals surface area contributed by atoms with Crippen molar-refractivity contribution in [2.24, 2.45) is 0 Å². The van der Waals surface area contributed by atoms with Gasteiger partial charge in [-0.05, 0) is 24.3 Å². The normalized spacial score (nSPS) is 11.8. The van der Waals surface area contributed by atoms with Gasteiger partial charge >= 0.3 is 12.8 Å². The number of thioether (sulfide) groups is 1. The molecule has 0 aliphatic carbocycles. The highest BCUT2D eigenvalue weighted by atomic mass is 32.2. The van der Waals surface area contributed by atoms with Crippen molar-refractivity contribution in [2.75, 3.05) is 7.11 Å². The molecule has 0 fully saturated rings. The Bertz CT molecular complexity index is 1280. The largest absolute Gasteiger partial charge is 0.493 e. The van der Waals surface area contributed by atoms with E-state index in [4.69, 9.17) is 9.26 Å². The zero-order valence-electron chi connectivity index (χ0n) is 16.6. The van der Waals surface area contributed by atoms with E-state index in [-0.39, 0.29) is 39.5 Å². The molecule has 33 heavy (non-hydrogen) atoms. The van der Waals surface area contributed by atoms with Crippen molar-refractivity contribution in [2.45, 2.75) is 23.6 Å². The van der Waals surface area contributed by atoms with E-state index in [0.717, 1.165) is 11.8 Å². The van der Waals surface area contributed by atoms with Crippen LogP contribution in [-0.2, 0) is 11.9 Å². The number of aromatic nitrogens is 4. The number of para-hydroxylation sites is 1. The number of halogens is 5.